The first-order chi connectivity index (χ1) is 10.5. The molecule has 0 aliphatic heterocycles. The summed E-state index contributed by atoms with van der Waals surface area (Å²) in [5.74, 6) is 2.11. The van der Waals surface area contributed by atoms with Gasteiger partial charge in [0.1, 0.15) is 5.76 Å². The molecule has 1 aromatic carbocycles. The fourth-order valence-corrected chi connectivity index (χ4v) is 2.52. The number of carbonyl (C=O) groups excluding carboxylic acids is 1. The molecule has 0 radical (unpaired) electrons. The molecule has 2 aromatic rings. The molecular formula is C17H17BrO4. The van der Waals surface area contributed by atoms with E-state index < -0.39 is 0 Å². The highest BCUT2D eigenvalue weighted by Gasteiger charge is 2.11. The zero-order valence-corrected chi connectivity index (χ0v) is 14.3. The Morgan fingerprint density at radius 3 is 2.73 bits per heavy atom. The molecular weight excluding hydrogens is 348 g/mol. The van der Waals surface area contributed by atoms with Gasteiger partial charge in [-0.05, 0) is 65.7 Å². The lowest BCUT2D eigenvalue weighted by atomic mass is 10.1. The number of hydrogen-bond acceptors (Lipinski definition) is 4. The summed E-state index contributed by atoms with van der Waals surface area (Å²) < 4.78 is 16.9. The zero-order valence-electron chi connectivity index (χ0n) is 12.7. The van der Waals surface area contributed by atoms with E-state index in [1.165, 1.54) is 6.08 Å². The molecule has 116 valence electrons. The molecule has 0 amide bonds. The molecule has 1 heterocycles. The van der Waals surface area contributed by atoms with Gasteiger partial charge in [-0.1, -0.05) is 6.08 Å². The molecule has 0 saturated carbocycles. The van der Waals surface area contributed by atoms with Gasteiger partial charge in [0, 0.05) is 0 Å². The Hall–Kier alpha value is -2.01. The van der Waals surface area contributed by atoms with Crippen molar-refractivity contribution in [3.8, 4) is 11.5 Å². The van der Waals surface area contributed by atoms with Crippen LogP contribution in [0, 0.1) is 6.92 Å². The topological polar surface area (TPSA) is 48.7 Å². The number of furan rings is 1. The van der Waals surface area contributed by atoms with E-state index in [9.17, 15) is 4.79 Å². The summed E-state index contributed by atoms with van der Waals surface area (Å²) in [7, 11) is 1.58. The molecule has 0 N–H and O–H groups in total. The van der Waals surface area contributed by atoms with Gasteiger partial charge < -0.3 is 13.9 Å². The van der Waals surface area contributed by atoms with Crippen LogP contribution in [0.1, 0.15) is 28.8 Å². The quantitative estimate of drug-likeness (QED) is 0.552. The molecule has 0 saturated heterocycles. The predicted molar refractivity (Wildman–Crippen MR) is 88.7 cm³/mol. The summed E-state index contributed by atoms with van der Waals surface area (Å²) in [6.07, 6.45) is 3.18. The molecule has 4 nitrogen and oxygen atoms in total. The number of methoxy groups -OCH3 is 1. The molecule has 0 aliphatic carbocycles. The highest BCUT2D eigenvalue weighted by Crippen LogP contribution is 2.37. The molecule has 0 fully saturated rings. The molecule has 1 aromatic heterocycles. The Balaban J connectivity index is 2.24. The lowest BCUT2D eigenvalue weighted by Crippen LogP contribution is -1.97. The lowest BCUT2D eigenvalue weighted by molar-refractivity contribution is 0.102. The van der Waals surface area contributed by atoms with Crippen molar-refractivity contribution in [2.45, 2.75) is 13.8 Å². The highest BCUT2D eigenvalue weighted by atomic mass is 79.9. The smallest absolute Gasteiger partial charge is 0.221 e. The van der Waals surface area contributed by atoms with Gasteiger partial charge >= 0.3 is 0 Å². The average Bonchev–Trinajstić information content (AvgIpc) is 2.93. The average molecular weight is 365 g/mol. The second-order valence-electron chi connectivity index (χ2n) is 4.58. The number of ketones is 1. The van der Waals surface area contributed by atoms with Crippen molar-refractivity contribution in [1.29, 1.82) is 0 Å². The van der Waals surface area contributed by atoms with Crippen LogP contribution in [0.5, 0.6) is 11.5 Å². The van der Waals surface area contributed by atoms with Crippen molar-refractivity contribution in [2.24, 2.45) is 0 Å². The van der Waals surface area contributed by atoms with Gasteiger partial charge in [0.05, 0.1) is 18.2 Å². The summed E-state index contributed by atoms with van der Waals surface area (Å²) >= 11 is 3.45. The van der Waals surface area contributed by atoms with Gasteiger partial charge in [-0.2, -0.15) is 0 Å². The summed E-state index contributed by atoms with van der Waals surface area (Å²) in [6, 6.07) is 7.10. The Bertz CT molecular complexity index is 701. The van der Waals surface area contributed by atoms with Gasteiger partial charge in [0.15, 0.2) is 17.3 Å². The molecule has 0 unspecified atom stereocenters. The fourth-order valence-electron chi connectivity index (χ4n) is 1.94. The third-order valence-corrected chi connectivity index (χ3v) is 3.54. The summed E-state index contributed by atoms with van der Waals surface area (Å²) in [4.78, 5) is 12.0. The Morgan fingerprint density at radius 1 is 1.36 bits per heavy atom. The summed E-state index contributed by atoms with van der Waals surface area (Å²) in [6.45, 7) is 4.25. The standard InChI is InChI=1S/C17H17BrO4/c1-4-21-17-13(18)9-12(10-16(17)20-3)6-7-14(19)15-8-5-11(2)22-15/h5-10H,4H2,1-3H3. The van der Waals surface area contributed by atoms with Crippen LogP contribution < -0.4 is 9.47 Å². The first-order valence-electron chi connectivity index (χ1n) is 6.84. The van der Waals surface area contributed by atoms with E-state index in [4.69, 9.17) is 13.9 Å². The van der Waals surface area contributed by atoms with E-state index in [0.717, 1.165) is 10.0 Å². The molecule has 0 spiro atoms. The highest BCUT2D eigenvalue weighted by molar-refractivity contribution is 9.10. The first-order valence-corrected chi connectivity index (χ1v) is 7.63. The van der Waals surface area contributed by atoms with Crippen LogP contribution in [0.15, 0.2) is 39.2 Å². The Labute approximate surface area is 137 Å². The molecule has 2 rings (SSSR count). The summed E-state index contributed by atoms with van der Waals surface area (Å²) in [5, 5.41) is 0. The van der Waals surface area contributed by atoms with Crippen LogP contribution in [0.25, 0.3) is 6.08 Å². The number of aryl methyl sites for hydroxylation is 1. The SMILES string of the molecule is CCOc1c(Br)cc(C=CC(=O)c2ccc(C)o2)cc1OC. The van der Waals surface area contributed by atoms with Crippen LogP contribution in [-0.2, 0) is 0 Å². The van der Waals surface area contributed by atoms with Crippen molar-refractivity contribution in [2.75, 3.05) is 13.7 Å². The second kappa shape index (κ2) is 7.31. The van der Waals surface area contributed by atoms with E-state index in [-0.39, 0.29) is 5.78 Å². The van der Waals surface area contributed by atoms with E-state index in [0.29, 0.717) is 29.6 Å². The van der Waals surface area contributed by atoms with Crippen LogP contribution in [-0.4, -0.2) is 19.5 Å². The van der Waals surface area contributed by atoms with Crippen molar-refractivity contribution in [3.63, 3.8) is 0 Å². The monoisotopic (exact) mass is 364 g/mol. The minimum absolute atomic E-state index is 0.183. The Kier molecular flexibility index (Phi) is 5.44. The first kappa shape index (κ1) is 16.4. The number of halogens is 1. The maximum Gasteiger partial charge on any atom is 0.221 e. The molecule has 5 heteroatoms. The third kappa shape index (κ3) is 3.80. The normalized spacial score (nSPS) is 10.9. The minimum atomic E-state index is -0.183. The van der Waals surface area contributed by atoms with Crippen molar-refractivity contribution in [3.05, 3.63) is 51.9 Å². The van der Waals surface area contributed by atoms with E-state index >= 15 is 0 Å². The number of ether oxygens (including phenoxy) is 2. The summed E-state index contributed by atoms with van der Waals surface area (Å²) in [5.41, 5.74) is 0.823. The Morgan fingerprint density at radius 2 is 2.14 bits per heavy atom. The number of allylic oxidation sites excluding steroid dienone is 1. The minimum Gasteiger partial charge on any atom is -0.493 e. The van der Waals surface area contributed by atoms with Crippen molar-refractivity contribution >= 4 is 27.8 Å². The second-order valence-corrected chi connectivity index (χ2v) is 5.43. The van der Waals surface area contributed by atoms with E-state index in [2.05, 4.69) is 15.9 Å². The van der Waals surface area contributed by atoms with Crippen molar-refractivity contribution in [1.82, 2.24) is 0 Å². The van der Waals surface area contributed by atoms with Crippen LogP contribution in [0.4, 0.5) is 0 Å². The number of hydrogen-bond donors (Lipinski definition) is 0. The largest absolute Gasteiger partial charge is 0.493 e. The van der Waals surface area contributed by atoms with Gasteiger partial charge in [0.2, 0.25) is 5.78 Å². The van der Waals surface area contributed by atoms with E-state index in [1.54, 1.807) is 32.2 Å². The van der Waals surface area contributed by atoms with Crippen molar-refractivity contribution < 1.29 is 18.7 Å². The third-order valence-electron chi connectivity index (χ3n) is 2.95. The van der Waals surface area contributed by atoms with Crippen LogP contribution in [0.3, 0.4) is 0 Å². The van der Waals surface area contributed by atoms with Gasteiger partial charge in [-0.15, -0.1) is 0 Å². The molecule has 0 bridgehead atoms. The molecule has 0 atom stereocenters. The van der Waals surface area contributed by atoms with Gasteiger partial charge in [-0.25, -0.2) is 0 Å². The number of benzene rings is 1. The lowest BCUT2D eigenvalue weighted by Gasteiger charge is -2.12. The van der Waals surface area contributed by atoms with Gasteiger partial charge in [0.25, 0.3) is 0 Å². The predicted octanol–water partition coefficient (Wildman–Crippen LogP) is 4.65. The van der Waals surface area contributed by atoms with Crippen LogP contribution >= 0.6 is 15.9 Å². The maximum atomic E-state index is 12.0. The maximum absolute atomic E-state index is 12.0. The van der Waals surface area contributed by atoms with Crippen LogP contribution in [0.2, 0.25) is 0 Å². The number of carbonyl (C=O) groups is 1. The molecule has 22 heavy (non-hydrogen) atoms. The van der Waals surface area contributed by atoms with E-state index in [1.807, 2.05) is 19.1 Å². The number of rotatable bonds is 6. The molecule has 0 aliphatic rings. The fraction of sp³-hybridized carbons (Fsp3) is 0.235. The van der Waals surface area contributed by atoms with Gasteiger partial charge in [-0.3, -0.25) is 4.79 Å². The zero-order chi connectivity index (χ0) is 16.1.